The van der Waals surface area contributed by atoms with E-state index in [4.69, 9.17) is 4.99 Å². The Labute approximate surface area is 120 Å². The molecule has 1 aliphatic rings. The van der Waals surface area contributed by atoms with Crippen LogP contribution in [0.5, 0.6) is 0 Å². The summed E-state index contributed by atoms with van der Waals surface area (Å²) in [5.74, 6) is 1.88. The second kappa shape index (κ2) is 5.99. The number of rotatable bonds is 4. The molecule has 2 rings (SSSR count). The van der Waals surface area contributed by atoms with E-state index in [1.165, 1.54) is 17.7 Å². The van der Waals surface area contributed by atoms with Gasteiger partial charge in [-0.15, -0.1) is 0 Å². The van der Waals surface area contributed by atoms with Crippen molar-refractivity contribution in [3.05, 3.63) is 17.0 Å². The van der Waals surface area contributed by atoms with Gasteiger partial charge in [0.2, 0.25) is 0 Å². The van der Waals surface area contributed by atoms with Crippen molar-refractivity contribution in [2.75, 3.05) is 5.75 Å². The Balaban J connectivity index is 1.97. The zero-order valence-corrected chi connectivity index (χ0v) is 13.3. The quantitative estimate of drug-likeness (QED) is 0.922. The first-order valence-electron chi connectivity index (χ1n) is 6.90. The van der Waals surface area contributed by atoms with Crippen LogP contribution in [0.3, 0.4) is 0 Å². The molecule has 0 aromatic carbocycles. The minimum Gasteiger partial charge on any atom is -0.361 e. The van der Waals surface area contributed by atoms with Gasteiger partial charge in [-0.2, -0.15) is 5.10 Å². The molecule has 0 amide bonds. The fourth-order valence-corrected chi connectivity index (χ4v) is 3.41. The minimum absolute atomic E-state index is 0.583. The molecule has 1 unspecified atom stereocenters. The number of aliphatic imine (C=N–C) groups is 1. The van der Waals surface area contributed by atoms with Crippen molar-refractivity contribution < 1.29 is 0 Å². The Morgan fingerprint density at radius 1 is 1.47 bits per heavy atom. The van der Waals surface area contributed by atoms with Crippen LogP contribution in [0.15, 0.2) is 4.99 Å². The van der Waals surface area contributed by atoms with Gasteiger partial charge in [0.25, 0.3) is 0 Å². The fraction of sp³-hybridized carbons (Fsp3) is 0.714. The highest BCUT2D eigenvalue weighted by Gasteiger charge is 2.21. The van der Waals surface area contributed by atoms with E-state index >= 15 is 0 Å². The Morgan fingerprint density at radius 3 is 2.79 bits per heavy atom. The highest BCUT2D eigenvalue weighted by molar-refractivity contribution is 8.14. The maximum Gasteiger partial charge on any atom is 0.157 e. The Hall–Kier alpha value is -0.970. The van der Waals surface area contributed by atoms with Gasteiger partial charge in [-0.05, 0) is 26.2 Å². The highest BCUT2D eigenvalue weighted by atomic mass is 32.2. The average Bonchev–Trinajstić information content (AvgIpc) is 2.84. The van der Waals surface area contributed by atoms with E-state index in [1.807, 2.05) is 23.5 Å². The van der Waals surface area contributed by atoms with Gasteiger partial charge in [0, 0.05) is 30.1 Å². The lowest BCUT2D eigenvalue weighted by molar-refractivity contribution is 0.502. The molecule has 1 aliphatic heterocycles. The zero-order chi connectivity index (χ0) is 14.0. The first kappa shape index (κ1) is 14.4. The molecule has 1 fully saturated rings. The predicted molar refractivity (Wildman–Crippen MR) is 82.7 cm³/mol. The van der Waals surface area contributed by atoms with Gasteiger partial charge in [-0.25, -0.2) is 0 Å². The molecule has 106 valence electrons. The van der Waals surface area contributed by atoms with Crippen molar-refractivity contribution in [3.8, 4) is 0 Å². The molecule has 0 aliphatic carbocycles. The molecule has 19 heavy (non-hydrogen) atoms. The first-order chi connectivity index (χ1) is 8.97. The van der Waals surface area contributed by atoms with Crippen LogP contribution in [0, 0.1) is 19.8 Å². The molecule has 4 nitrogen and oxygen atoms in total. The molecule has 0 bridgehead atoms. The van der Waals surface area contributed by atoms with E-state index in [0.29, 0.717) is 6.04 Å². The molecule has 1 N–H and O–H groups in total. The van der Waals surface area contributed by atoms with Crippen molar-refractivity contribution in [2.24, 2.45) is 18.0 Å². The number of hydrogen-bond donors (Lipinski definition) is 1. The summed E-state index contributed by atoms with van der Waals surface area (Å²) in [6.45, 7) is 9.43. The summed E-state index contributed by atoms with van der Waals surface area (Å²) in [4.78, 5) is 4.70. The zero-order valence-electron chi connectivity index (χ0n) is 12.5. The third-order valence-electron chi connectivity index (χ3n) is 3.54. The molecule has 1 aromatic heterocycles. The number of hydrogen-bond acceptors (Lipinski definition) is 3. The molecular weight excluding hydrogens is 256 g/mol. The molecule has 0 saturated carbocycles. The van der Waals surface area contributed by atoms with E-state index in [2.05, 4.69) is 38.1 Å². The van der Waals surface area contributed by atoms with E-state index in [0.717, 1.165) is 29.1 Å². The number of nitrogens with zero attached hydrogens (tertiary/aromatic N) is 3. The standard InChI is InChI=1S/C14H24N4S/c1-9(2)6-12-8-19-14(16-12)15-7-13-10(3)17-18(5)11(13)4/h9,12H,6-8H2,1-5H3,(H,15,16). The summed E-state index contributed by atoms with van der Waals surface area (Å²) in [6, 6.07) is 0.583. The van der Waals surface area contributed by atoms with Gasteiger partial charge in [-0.3, -0.25) is 9.67 Å². The van der Waals surface area contributed by atoms with Gasteiger partial charge in [0.15, 0.2) is 5.17 Å². The number of thioether (sulfide) groups is 1. The lowest BCUT2D eigenvalue weighted by atomic mass is 10.1. The second-order valence-corrected chi connectivity index (χ2v) is 6.68. The van der Waals surface area contributed by atoms with Gasteiger partial charge < -0.3 is 5.32 Å². The van der Waals surface area contributed by atoms with Gasteiger partial charge in [-0.1, -0.05) is 25.6 Å². The minimum atomic E-state index is 0.583. The Kier molecular flexibility index (Phi) is 4.55. The summed E-state index contributed by atoms with van der Waals surface area (Å²) in [7, 11) is 1.99. The van der Waals surface area contributed by atoms with Crippen LogP contribution in [0.25, 0.3) is 0 Å². The van der Waals surface area contributed by atoms with Crippen molar-refractivity contribution in [1.29, 1.82) is 0 Å². The molecule has 2 heterocycles. The van der Waals surface area contributed by atoms with Crippen LogP contribution < -0.4 is 5.32 Å². The number of aryl methyl sites for hydroxylation is 2. The fourth-order valence-electron chi connectivity index (χ4n) is 2.42. The summed E-state index contributed by atoms with van der Waals surface area (Å²) in [5, 5.41) is 9.05. The smallest absolute Gasteiger partial charge is 0.157 e. The monoisotopic (exact) mass is 280 g/mol. The molecular formula is C14H24N4S. The first-order valence-corrected chi connectivity index (χ1v) is 7.88. The van der Waals surface area contributed by atoms with Crippen molar-refractivity contribution in [3.63, 3.8) is 0 Å². The van der Waals surface area contributed by atoms with E-state index in [1.54, 1.807) is 0 Å². The maximum absolute atomic E-state index is 4.70. The number of nitrogens with one attached hydrogen (secondary N) is 1. The van der Waals surface area contributed by atoms with Gasteiger partial charge >= 0.3 is 0 Å². The number of amidine groups is 1. The van der Waals surface area contributed by atoms with Crippen LogP contribution in [-0.4, -0.2) is 26.7 Å². The van der Waals surface area contributed by atoms with Gasteiger partial charge in [0.05, 0.1) is 12.2 Å². The lowest BCUT2D eigenvalue weighted by Crippen LogP contribution is -2.28. The topological polar surface area (TPSA) is 42.2 Å². The number of aromatic nitrogens is 2. The average molecular weight is 280 g/mol. The van der Waals surface area contributed by atoms with Crippen molar-refractivity contribution in [2.45, 2.75) is 46.7 Å². The van der Waals surface area contributed by atoms with E-state index in [9.17, 15) is 0 Å². The van der Waals surface area contributed by atoms with E-state index in [-0.39, 0.29) is 0 Å². The van der Waals surface area contributed by atoms with Crippen LogP contribution in [0.1, 0.15) is 37.2 Å². The second-order valence-electron chi connectivity index (χ2n) is 5.68. The van der Waals surface area contributed by atoms with Crippen LogP contribution in [-0.2, 0) is 13.6 Å². The maximum atomic E-state index is 4.70. The van der Waals surface area contributed by atoms with Crippen molar-refractivity contribution in [1.82, 2.24) is 15.1 Å². The van der Waals surface area contributed by atoms with Crippen LogP contribution in [0.2, 0.25) is 0 Å². The summed E-state index contributed by atoms with van der Waals surface area (Å²) in [5.41, 5.74) is 3.55. The molecule has 1 saturated heterocycles. The molecule has 1 atom stereocenters. The van der Waals surface area contributed by atoms with Crippen molar-refractivity contribution >= 4 is 16.9 Å². The Morgan fingerprint density at radius 2 is 2.21 bits per heavy atom. The van der Waals surface area contributed by atoms with Gasteiger partial charge in [0.1, 0.15) is 0 Å². The third kappa shape index (κ3) is 3.53. The summed E-state index contributed by atoms with van der Waals surface area (Å²) in [6.07, 6.45) is 1.22. The lowest BCUT2D eigenvalue weighted by Gasteiger charge is -2.11. The molecule has 5 heteroatoms. The largest absolute Gasteiger partial charge is 0.361 e. The molecule has 0 radical (unpaired) electrons. The third-order valence-corrected chi connectivity index (χ3v) is 4.63. The highest BCUT2D eigenvalue weighted by Crippen LogP contribution is 2.20. The SMILES string of the molecule is Cc1nn(C)c(C)c1CN=C1NC(CC(C)C)CS1. The predicted octanol–water partition coefficient (Wildman–Crippen LogP) is 2.64. The Bertz CT molecular complexity index is 476. The molecule has 0 spiro atoms. The normalized spacial score (nSPS) is 21.4. The van der Waals surface area contributed by atoms with E-state index < -0.39 is 0 Å². The summed E-state index contributed by atoms with van der Waals surface area (Å²) < 4.78 is 1.93. The van der Waals surface area contributed by atoms with Crippen LogP contribution in [0.4, 0.5) is 0 Å². The summed E-state index contributed by atoms with van der Waals surface area (Å²) >= 11 is 1.84. The van der Waals surface area contributed by atoms with Crippen LogP contribution >= 0.6 is 11.8 Å². The molecule has 1 aromatic rings.